The summed E-state index contributed by atoms with van der Waals surface area (Å²) in [6.45, 7) is 7.02. The third-order valence-corrected chi connectivity index (χ3v) is 4.53. The van der Waals surface area contributed by atoms with Gasteiger partial charge < -0.3 is 24.2 Å². The van der Waals surface area contributed by atoms with Crippen molar-refractivity contribution >= 4 is 17.7 Å². The molecule has 1 fully saturated rings. The maximum Gasteiger partial charge on any atom is 0.432 e. The summed E-state index contributed by atoms with van der Waals surface area (Å²) in [7, 11) is 2.64. The second kappa shape index (κ2) is 7.79. The molecule has 0 aromatic heterocycles. The van der Waals surface area contributed by atoms with E-state index < -0.39 is 29.8 Å². The SMILES string of the molecule is COC1C(N2CCN(C(=O)OC(C)(C)C)CC2)=CC(Cl)=C(C(F)(F)F)N1C. The van der Waals surface area contributed by atoms with Gasteiger partial charge in [-0.15, -0.1) is 0 Å². The van der Waals surface area contributed by atoms with Gasteiger partial charge in [-0.1, -0.05) is 11.6 Å². The molecule has 2 aliphatic rings. The van der Waals surface area contributed by atoms with Gasteiger partial charge in [-0.3, -0.25) is 0 Å². The second-order valence-corrected chi connectivity index (χ2v) is 7.82. The number of carbonyl (C=O) groups excluding carboxylic acids is 1. The quantitative estimate of drug-likeness (QED) is 0.697. The van der Waals surface area contributed by atoms with Gasteiger partial charge in [-0.25, -0.2) is 4.79 Å². The molecule has 2 heterocycles. The van der Waals surface area contributed by atoms with Crippen LogP contribution >= 0.6 is 11.6 Å². The first-order chi connectivity index (χ1) is 12.3. The van der Waals surface area contributed by atoms with Crippen LogP contribution < -0.4 is 0 Å². The Balaban J connectivity index is 2.15. The molecule has 1 saturated heterocycles. The minimum atomic E-state index is -4.58. The molecule has 6 nitrogen and oxygen atoms in total. The van der Waals surface area contributed by atoms with E-state index in [1.165, 1.54) is 20.2 Å². The first kappa shape index (κ1) is 21.7. The van der Waals surface area contributed by atoms with Gasteiger partial charge in [0.1, 0.15) is 11.3 Å². The third-order valence-electron chi connectivity index (χ3n) is 4.25. The van der Waals surface area contributed by atoms with Crippen LogP contribution in [0.2, 0.25) is 0 Å². The minimum Gasteiger partial charge on any atom is -0.444 e. The summed E-state index contributed by atoms with van der Waals surface area (Å²) in [6.07, 6.45) is -4.61. The number of piperazine rings is 1. The number of hydrogen-bond donors (Lipinski definition) is 0. The van der Waals surface area contributed by atoms with Crippen molar-refractivity contribution in [3.8, 4) is 0 Å². The lowest BCUT2D eigenvalue weighted by atomic mass is 10.1. The second-order valence-electron chi connectivity index (χ2n) is 7.42. The molecule has 1 unspecified atom stereocenters. The lowest BCUT2D eigenvalue weighted by Crippen LogP contribution is -2.53. The zero-order valence-electron chi connectivity index (χ0n) is 16.1. The molecular formula is C17H25ClF3N3O3. The maximum absolute atomic E-state index is 13.3. The Hall–Kier alpha value is -1.61. The van der Waals surface area contributed by atoms with Crippen LogP contribution in [0.5, 0.6) is 0 Å². The molecule has 1 atom stereocenters. The van der Waals surface area contributed by atoms with Crippen molar-refractivity contribution < 1.29 is 27.4 Å². The summed E-state index contributed by atoms with van der Waals surface area (Å²) in [5.74, 6) is 0. The van der Waals surface area contributed by atoms with E-state index in [4.69, 9.17) is 21.1 Å². The van der Waals surface area contributed by atoms with E-state index in [1.807, 2.05) is 4.90 Å². The van der Waals surface area contributed by atoms with Gasteiger partial charge in [-0.2, -0.15) is 13.2 Å². The van der Waals surface area contributed by atoms with Crippen LogP contribution in [0.25, 0.3) is 0 Å². The van der Waals surface area contributed by atoms with Gasteiger partial charge in [0.25, 0.3) is 0 Å². The van der Waals surface area contributed by atoms with Crippen LogP contribution in [0.3, 0.4) is 0 Å². The monoisotopic (exact) mass is 411 g/mol. The fourth-order valence-electron chi connectivity index (χ4n) is 3.09. The number of alkyl halides is 3. The van der Waals surface area contributed by atoms with Crippen molar-refractivity contribution in [1.29, 1.82) is 0 Å². The van der Waals surface area contributed by atoms with E-state index in [9.17, 15) is 18.0 Å². The molecule has 0 aromatic rings. The van der Waals surface area contributed by atoms with E-state index in [-0.39, 0.29) is 5.03 Å². The van der Waals surface area contributed by atoms with Crippen LogP contribution in [-0.4, -0.2) is 79.1 Å². The smallest absolute Gasteiger partial charge is 0.432 e. The van der Waals surface area contributed by atoms with Gasteiger partial charge in [-0.05, 0) is 26.8 Å². The predicted octanol–water partition coefficient (Wildman–Crippen LogP) is 3.35. The molecule has 10 heteroatoms. The van der Waals surface area contributed by atoms with Crippen molar-refractivity contribution in [2.75, 3.05) is 40.3 Å². The third kappa shape index (κ3) is 5.01. The molecule has 27 heavy (non-hydrogen) atoms. The molecule has 0 saturated carbocycles. The normalized spacial score (nSPS) is 22.2. The number of halogens is 4. The van der Waals surface area contributed by atoms with Crippen LogP contribution in [-0.2, 0) is 9.47 Å². The van der Waals surface area contributed by atoms with Crippen molar-refractivity contribution in [1.82, 2.24) is 14.7 Å². The van der Waals surface area contributed by atoms with Crippen molar-refractivity contribution in [2.45, 2.75) is 38.8 Å². The number of ether oxygens (including phenoxy) is 2. The van der Waals surface area contributed by atoms with Crippen LogP contribution in [0, 0.1) is 0 Å². The Labute approximate surface area is 162 Å². The predicted molar refractivity (Wildman–Crippen MR) is 95.0 cm³/mol. The summed E-state index contributed by atoms with van der Waals surface area (Å²) >= 11 is 5.92. The Morgan fingerprint density at radius 2 is 1.74 bits per heavy atom. The number of likely N-dealkylation sites (N-methyl/N-ethyl adjacent to an activating group) is 1. The van der Waals surface area contributed by atoms with Crippen LogP contribution in [0.1, 0.15) is 20.8 Å². The molecule has 0 radical (unpaired) electrons. The zero-order chi connectivity index (χ0) is 20.6. The van der Waals surface area contributed by atoms with Crippen LogP contribution in [0.4, 0.5) is 18.0 Å². The summed E-state index contributed by atoms with van der Waals surface area (Å²) in [5, 5.41) is -0.386. The molecule has 0 bridgehead atoms. The number of amides is 1. The van der Waals surface area contributed by atoms with E-state index in [2.05, 4.69) is 0 Å². The lowest BCUT2D eigenvalue weighted by Gasteiger charge is -2.44. The Morgan fingerprint density at radius 1 is 1.19 bits per heavy atom. The van der Waals surface area contributed by atoms with Gasteiger partial charge in [0.15, 0.2) is 6.23 Å². The van der Waals surface area contributed by atoms with Crippen molar-refractivity contribution in [2.24, 2.45) is 0 Å². The topological polar surface area (TPSA) is 45.3 Å². The Morgan fingerprint density at radius 3 is 2.19 bits per heavy atom. The standard InChI is InChI=1S/C17H25ClF3N3O3/c1-16(2,3)27-15(25)24-8-6-23(7-9-24)12-10-11(18)13(17(19,20)21)22(4)14(12)26-5/h10,14H,6-9H2,1-5H3. The number of carbonyl (C=O) groups is 1. The highest BCUT2D eigenvalue weighted by atomic mass is 35.5. The molecule has 0 spiro atoms. The minimum absolute atomic E-state index is 0.386. The fourth-order valence-corrected chi connectivity index (χ4v) is 3.44. The number of hydrogen-bond acceptors (Lipinski definition) is 5. The fraction of sp³-hybridized carbons (Fsp3) is 0.706. The molecule has 2 rings (SSSR count). The highest BCUT2D eigenvalue weighted by molar-refractivity contribution is 6.31. The average Bonchev–Trinajstić information content (AvgIpc) is 2.51. The van der Waals surface area contributed by atoms with Gasteiger partial charge in [0, 0.05) is 40.3 Å². The maximum atomic E-state index is 13.3. The molecule has 0 aromatic carbocycles. The van der Waals surface area contributed by atoms with Crippen molar-refractivity contribution in [3.63, 3.8) is 0 Å². The van der Waals surface area contributed by atoms with E-state index in [0.29, 0.717) is 31.9 Å². The van der Waals surface area contributed by atoms with E-state index in [1.54, 1.807) is 25.7 Å². The molecule has 0 N–H and O–H groups in total. The highest BCUT2D eigenvalue weighted by Crippen LogP contribution is 2.39. The zero-order valence-corrected chi connectivity index (χ0v) is 16.8. The van der Waals surface area contributed by atoms with Gasteiger partial charge in [0.2, 0.25) is 0 Å². The number of rotatable bonds is 2. The highest BCUT2D eigenvalue weighted by Gasteiger charge is 2.44. The molecule has 0 aliphatic carbocycles. The number of methoxy groups -OCH3 is 1. The first-order valence-electron chi connectivity index (χ1n) is 8.52. The molecule has 154 valence electrons. The Bertz CT molecular complexity index is 636. The summed E-state index contributed by atoms with van der Waals surface area (Å²) in [6, 6.07) is 0. The number of nitrogens with zero attached hydrogens (tertiary/aromatic N) is 3. The van der Waals surface area contributed by atoms with Gasteiger partial charge >= 0.3 is 12.3 Å². The summed E-state index contributed by atoms with van der Waals surface area (Å²) in [5.41, 5.74) is -0.995. The van der Waals surface area contributed by atoms with E-state index >= 15 is 0 Å². The first-order valence-corrected chi connectivity index (χ1v) is 8.90. The van der Waals surface area contributed by atoms with Crippen LogP contribution in [0.15, 0.2) is 22.5 Å². The van der Waals surface area contributed by atoms with Crippen molar-refractivity contribution in [3.05, 3.63) is 22.5 Å². The summed E-state index contributed by atoms with van der Waals surface area (Å²) in [4.78, 5) is 16.6. The Kier molecular flexibility index (Phi) is 6.26. The molecule has 2 aliphatic heterocycles. The largest absolute Gasteiger partial charge is 0.444 e. The molecule has 1 amide bonds. The van der Waals surface area contributed by atoms with Gasteiger partial charge in [0.05, 0.1) is 10.7 Å². The number of allylic oxidation sites excluding steroid dienone is 3. The van der Waals surface area contributed by atoms with E-state index in [0.717, 1.165) is 4.90 Å². The average molecular weight is 412 g/mol. The lowest BCUT2D eigenvalue weighted by molar-refractivity contribution is -0.128. The summed E-state index contributed by atoms with van der Waals surface area (Å²) < 4.78 is 50.4. The molecular weight excluding hydrogens is 387 g/mol.